The van der Waals surface area contributed by atoms with Crippen molar-refractivity contribution in [2.75, 3.05) is 7.11 Å². The third-order valence-electron chi connectivity index (χ3n) is 3.70. The molecule has 4 nitrogen and oxygen atoms in total. The summed E-state index contributed by atoms with van der Waals surface area (Å²) < 4.78 is 5.14. The summed E-state index contributed by atoms with van der Waals surface area (Å²) in [7, 11) is 1.60. The second kappa shape index (κ2) is 5.48. The average Bonchev–Trinajstić information content (AvgIpc) is 2.54. The molecule has 110 valence electrons. The minimum atomic E-state index is -1.19. The molecule has 0 bridgehead atoms. The maximum atomic E-state index is 11.6. The second-order valence-corrected chi connectivity index (χ2v) is 4.99. The van der Waals surface area contributed by atoms with Gasteiger partial charge in [-0.05, 0) is 42.8 Å². The Bertz CT molecular complexity index is 854. The molecule has 1 aromatic heterocycles. The average molecular weight is 292 g/mol. The molecule has 0 amide bonds. The number of methoxy groups -OCH3 is 1. The van der Waals surface area contributed by atoms with Gasteiger partial charge in [0.15, 0.2) is 0 Å². The molecule has 0 unspecified atom stereocenters. The summed E-state index contributed by atoms with van der Waals surface area (Å²) in [5, 5.41) is 12.2. The third kappa shape index (κ3) is 2.29. The van der Waals surface area contributed by atoms with Crippen molar-refractivity contribution in [3.8, 4) is 17.0 Å². The Labute approximate surface area is 128 Å². The molecule has 0 aliphatic carbocycles. The SMILES string of the molecule is COc1ccc(-c2nc3ccccc3c(C(=O)[O-])c2C)cc1. The van der Waals surface area contributed by atoms with Gasteiger partial charge < -0.3 is 14.6 Å². The lowest BCUT2D eigenvalue weighted by Gasteiger charge is -2.15. The van der Waals surface area contributed by atoms with Gasteiger partial charge in [0.25, 0.3) is 0 Å². The minimum Gasteiger partial charge on any atom is -0.545 e. The standard InChI is InChI=1S/C18H15NO3/c1-11-16(18(20)21)14-5-3-4-6-15(14)19-17(11)12-7-9-13(22-2)10-8-12/h3-10H,1-2H3,(H,20,21)/p-1. The van der Waals surface area contributed by atoms with Gasteiger partial charge in [0.2, 0.25) is 0 Å². The first-order valence-electron chi connectivity index (χ1n) is 6.87. The quantitative estimate of drug-likeness (QED) is 0.744. The number of ether oxygens (including phenoxy) is 1. The van der Waals surface area contributed by atoms with Gasteiger partial charge in [-0.2, -0.15) is 0 Å². The van der Waals surface area contributed by atoms with Gasteiger partial charge in [-0.3, -0.25) is 0 Å². The van der Waals surface area contributed by atoms with E-state index in [1.165, 1.54) is 0 Å². The molecule has 0 spiro atoms. The number of carboxylic acid groups (broad SMARTS) is 1. The zero-order valence-corrected chi connectivity index (χ0v) is 12.3. The maximum Gasteiger partial charge on any atom is 0.118 e. The van der Waals surface area contributed by atoms with Gasteiger partial charge in [-0.25, -0.2) is 4.98 Å². The van der Waals surface area contributed by atoms with Crippen LogP contribution in [0.4, 0.5) is 0 Å². The summed E-state index contributed by atoms with van der Waals surface area (Å²) in [4.78, 5) is 16.2. The molecule has 3 rings (SSSR count). The van der Waals surface area contributed by atoms with Gasteiger partial charge in [0.05, 0.1) is 24.3 Å². The molecular weight excluding hydrogens is 278 g/mol. The van der Waals surface area contributed by atoms with Crippen LogP contribution >= 0.6 is 0 Å². The fourth-order valence-corrected chi connectivity index (χ4v) is 2.60. The number of aromatic carboxylic acids is 1. The smallest absolute Gasteiger partial charge is 0.118 e. The number of carbonyl (C=O) groups excluding carboxylic acids is 1. The number of para-hydroxylation sites is 1. The molecule has 0 saturated heterocycles. The summed E-state index contributed by atoms with van der Waals surface area (Å²) in [6.07, 6.45) is 0. The maximum absolute atomic E-state index is 11.6. The number of hydrogen-bond acceptors (Lipinski definition) is 4. The summed E-state index contributed by atoms with van der Waals surface area (Å²) in [5.74, 6) is -0.451. The number of carbonyl (C=O) groups is 1. The van der Waals surface area contributed by atoms with E-state index >= 15 is 0 Å². The van der Waals surface area contributed by atoms with Crippen LogP contribution < -0.4 is 9.84 Å². The summed E-state index contributed by atoms with van der Waals surface area (Å²) in [6, 6.07) is 14.6. The number of benzene rings is 2. The number of nitrogens with zero attached hydrogens (tertiary/aromatic N) is 1. The highest BCUT2D eigenvalue weighted by molar-refractivity contribution is 6.04. The molecular formula is C18H14NO3-. The monoisotopic (exact) mass is 292 g/mol. The molecule has 0 N–H and O–H groups in total. The highest BCUT2D eigenvalue weighted by atomic mass is 16.5. The van der Waals surface area contributed by atoms with E-state index in [-0.39, 0.29) is 5.56 Å². The van der Waals surface area contributed by atoms with Crippen molar-refractivity contribution >= 4 is 16.9 Å². The van der Waals surface area contributed by atoms with Gasteiger partial charge in [-0.15, -0.1) is 0 Å². The van der Waals surface area contributed by atoms with Crippen molar-refractivity contribution in [3.05, 3.63) is 59.7 Å². The first-order chi connectivity index (χ1) is 10.6. The van der Waals surface area contributed by atoms with E-state index in [0.29, 0.717) is 22.2 Å². The largest absolute Gasteiger partial charge is 0.545 e. The van der Waals surface area contributed by atoms with E-state index in [0.717, 1.165) is 11.3 Å². The molecule has 2 aromatic carbocycles. The lowest BCUT2D eigenvalue weighted by Crippen LogP contribution is -2.24. The Morgan fingerprint density at radius 1 is 1.09 bits per heavy atom. The van der Waals surface area contributed by atoms with Crippen molar-refractivity contribution in [3.63, 3.8) is 0 Å². The zero-order valence-electron chi connectivity index (χ0n) is 12.3. The topological polar surface area (TPSA) is 62.2 Å². The van der Waals surface area contributed by atoms with Crippen molar-refractivity contribution in [1.82, 2.24) is 4.98 Å². The van der Waals surface area contributed by atoms with Crippen LogP contribution in [0.2, 0.25) is 0 Å². The Hall–Kier alpha value is -2.88. The number of carboxylic acids is 1. The number of aromatic nitrogens is 1. The number of rotatable bonds is 3. The Kier molecular flexibility index (Phi) is 3.51. The third-order valence-corrected chi connectivity index (χ3v) is 3.70. The molecule has 3 aromatic rings. The minimum absolute atomic E-state index is 0.191. The predicted molar refractivity (Wildman–Crippen MR) is 82.8 cm³/mol. The Balaban J connectivity index is 2.29. The van der Waals surface area contributed by atoms with Crippen LogP contribution in [0.3, 0.4) is 0 Å². The number of hydrogen-bond donors (Lipinski definition) is 0. The Morgan fingerprint density at radius 3 is 2.41 bits per heavy atom. The van der Waals surface area contributed by atoms with Crippen molar-refractivity contribution in [2.24, 2.45) is 0 Å². The molecule has 0 radical (unpaired) electrons. The van der Waals surface area contributed by atoms with Crippen LogP contribution in [0, 0.1) is 6.92 Å². The van der Waals surface area contributed by atoms with E-state index in [9.17, 15) is 9.90 Å². The molecule has 22 heavy (non-hydrogen) atoms. The highest BCUT2D eigenvalue weighted by Crippen LogP contribution is 2.30. The molecule has 0 fully saturated rings. The first kappa shape index (κ1) is 14.1. The van der Waals surface area contributed by atoms with Gasteiger partial charge in [-0.1, -0.05) is 18.2 Å². The van der Waals surface area contributed by atoms with Gasteiger partial charge in [0, 0.05) is 16.5 Å². The van der Waals surface area contributed by atoms with E-state index in [4.69, 9.17) is 4.74 Å². The van der Waals surface area contributed by atoms with Gasteiger partial charge in [0.1, 0.15) is 5.75 Å². The second-order valence-electron chi connectivity index (χ2n) is 4.99. The fraction of sp³-hybridized carbons (Fsp3) is 0.111. The predicted octanol–water partition coefficient (Wildman–Crippen LogP) is 2.58. The van der Waals surface area contributed by atoms with Gasteiger partial charge >= 0.3 is 0 Å². The van der Waals surface area contributed by atoms with Crippen LogP contribution in [0.1, 0.15) is 15.9 Å². The van der Waals surface area contributed by atoms with E-state index in [1.54, 1.807) is 32.2 Å². The van der Waals surface area contributed by atoms with E-state index in [1.807, 2.05) is 30.3 Å². The van der Waals surface area contributed by atoms with Crippen LogP contribution in [0.25, 0.3) is 22.2 Å². The van der Waals surface area contributed by atoms with Crippen LogP contribution in [0.5, 0.6) is 5.75 Å². The molecule has 4 heteroatoms. The summed E-state index contributed by atoms with van der Waals surface area (Å²) >= 11 is 0. The number of fused-ring (bicyclic) bond motifs is 1. The lowest BCUT2D eigenvalue weighted by molar-refractivity contribution is -0.254. The van der Waals surface area contributed by atoms with E-state index < -0.39 is 5.97 Å². The Morgan fingerprint density at radius 2 is 1.77 bits per heavy atom. The van der Waals surface area contributed by atoms with Crippen molar-refractivity contribution < 1.29 is 14.6 Å². The normalized spacial score (nSPS) is 10.6. The lowest BCUT2D eigenvalue weighted by atomic mass is 9.98. The molecule has 0 atom stereocenters. The summed E-state index contributed by atoms with van der Waals surface area (Å²) in [6.45, 7) is 1.75. The van der Waals surface area contributed by atoms with Crippen molar-refractivity contribution in [1.29, 1.82) is 0 Å². The molecule has 0 saturated carbocycles. The number of pyridine rings is 1. The highest BCUT2D eigenvalue weighted by Gasteiger charge is 2.13. The molecule has 0 aliphatic rings. The van der Waals surface area contributed by atoms with Crippen LogP contribution in [-0.2, 0) is 0 Å². The van der Waals surface area contributed by atoms with Crippen LogP contribution in [-0.4, -0.2) is 18.1 Å². The van der Waals surface area contributed by atoms with Crippen molar-refractivity contribution in [2.45, 2.75) is 6.92 Å². The molecule has 1 heterocycles. The van der Waals surface area contributed by atoms with Crippen LogP contribution in [0.15, 0.2) is 48.5 Å². The van der Waals surface area contributed by atoms with E-state index in [2.05, 4.69) is 4.98 Å². The molecule has 0 aliphatic heterocycles. The zero-order chi connectivity index (χ0) is 15.7. The fourth-order valence-electron chi connectivity index (χ4n) is 2.60. The summed E-state index contributed by atoms with van der Waals surface area (Å²) in [5.41, 5.74) is 2.91. The first-order valence-corrected chi connectivity index (χ1v) is 6.87.